The first kappa shape index (κ1) is 8.15. The van der Waals surface area contributed by atoms with E-state index in [9.17, 15) is 0 Å². The molecule has 0 saturated heterocycles. The van der Waals surface area contributed by atoms with Crippen LogP contribution in [0.4, 0.5) is 5.69 Å². The summed E-state index contributed by atoms with van der Waals surface area (Å²) in [5, 5.41) is 2.62. The van der Waals surface area contributed by atoms with Gasteiger partial charge < -0.3 is 5.43 Å². The van der Waals surface area contributed by atoms with Crippen LogP contribution in [0.1, 0.15) is 5.56 Å². The molecule has 1 aliphatic heterocycles. The van der Waals surface area contributed by atoms with E-state index < -0.39 is 0 Å². The average Bonchev–Trinajstić information content (AvgIpc) is 2.65. The monoisotopic (exact) mass is 202 g/mol. The fraction of sp³-hybridized carbons (Fsp3) is 0.0909. The molecule has 0 aliphatic carbocycles. The van der Waals surface area contributed by atoms with Gasteiger partial charge in [0.2, 0.25) is 0 Å². The predicted molar refractivity (Wildman–Crippen MR) is 61.3 cm³/mol. The van der Waals surface area contributed by atoms with Crippen LogP contribution >= 0.6 is 11.9 Å². The minimum Gasteiger partial charge on any atom is -0.310 e. The molecule has 3 rings (SSSR count). The van der Waals surface area contributed by atoms with Crippen LogP contribution in [0, 0.1) is 6.92 Å². The predicted octanol–water partition coefficient (Wildman–Crippen LogP) is 3.09. The van der Waals surface area contributed by atoms with Crippen LogP contribution in [-0.4, -0.2) is 0 Å². The molecule has 2 aromatic rings. The fourth-order valence-electron chi connectivity index (χ4n) is 1.75. The molecule has 1 aliphatic rings. The van der Waals surface area contributed by atoms with E-state index >= 15 is 0 Å². The molecule has 3 heteroatoms. The molecule has 0 aromatic heterocycles. The lowest BCUT2D eigenvalue weighted by Crippen LogP contribution is -2.04. The molecule has 2 N–H and O–H groups in total. The zero-order chi connectivity index (χ0) is 9.54. The van der Waals surface area contributed by atoms with Gasteiger partial charge in [0.25, 0.3) is 0 Å². The Hall–Kier alpha value is -1.19. The lowest BCUT2D eigenvalue weighted by Gasteiger charge is -2.03. The number of aryl methyl sites for hydroxylation is 1. The number of fused-ring (bicyclic) bond motifs is 3. The molecular weight excluding hydrogens is 192 g/mol. The molecule has 0 bridgehead atoms. The second kappa shape index (κ2) is 2.90. The van der Waals surface area contributed by atoms with Crippen LogP contribution in [0.3, 0.4) is 0 Å². The summed E-state index contributed by atoms with van der Waals surface area (Å²) in [6.45, 7) is 2.12. The molecule has 0 spiro atoms. The molecule has 0 atom stereocenters. The molecule has 2 nitrogen and oxygen atoms in total. The largest absolute Gasteiger partial charge is 0.310 e. The number of nitrogens with one attached hydrogen (secondary N) is 2. The van der Waals surface area contributed by atoms with Crippen LogP contribution in [0.2, 0.25) is 0 Å². The minimum absolute atomic E-state index is 1.17. The molecule has 0 amide bonds. The third kappa shape index (κ3) is 1.10. The Morgan fingerprint density at radius 2 is 2.00 bits per heavy atom. The highest BCUT2D eigenvalue weighted by molar-refractivity contribution is 7.98. The molecular formula is C11H10N2S. The van der Waals surface area contributed by atoms with E-state index in [0.29, 0.717) is 0 Å². The summed E-state index contributed by atoms with van der Waals surface area (Å²) < 4.78 is 0. The zero-order valence-electron chi connectivity index (χ0n) is 7.79. The van der Waals surface area contributed by atoms with Crippen molar-refractivity contribution in [2.45, 2.75) is 11.8 Å². The Morgan fingerprint density at radius 1 is 1.14 bits per heavy atom. The standard InChI is InChI=1S/C11H10N2S/c1-7-2-3-8-4-5-10-11(9(8)6-7)14-13-12-10/h2-6,12-13H,1H3. The van der Waals surface area contributed by atoms with Gasteiger partial charge in [-0.15, -0.1) is 0 Å². The Kier molecular flexibility index (Phi) is 1.69. The smallest absolute Gasteiger partial charge is 0.0652 e. The van der Waals surface area contributed by atoms with Gasteiger partial charge in [0.1, 0.15) is 0 Å². The van der Waals surface area contributed by atoms with Gasteiger partial charge >= 0.3 is 0 Å². The van der Waals surface area contributed by atoms with Crippen molar-refractivity contribution in [1.82, 2.24) is 4.83 Å². The summed E-state index contributed by atoms with van der Waals surface area (Å²) >= 11 is 1.64. The van der Waals surface area contributed by atoms with Gasteiger partial charge in [0, 0.05) is 0 Å². The summed E-state index contributed by atoms with van der Waals surface area (Å²) in [5.74, 6) is 0. The molecule has 14 heavy (non-hydrogen) atoms. The molecule has 0 saturated carbocycles. The Balaban J connectivity index is 2.41. The Bertz CT molecular complexity index is 508. The van der Waals surface area contributed by atoms with Crippen molar-refractivity contribution in [3.05, 3.63) is 35.9 Å². The Morgan fingerprint density at radius 3 is 2.93 bits per heavy atom. The number of anilines is 1. The summed E-state index contributed by atoms with van der Waals surface area (Å²) in [6, 6.07) is 10.8. The normalized spacial score (nSPS) is 14.1. The second-order valence-corrected chi connectivity index (χ2v) is 4.31. The van der Waals surface area contributed by atoms with Crippen LogP contribution in [0.5, 0.6) is 0 Å². The fourth-order valence-corrected chi connectivity index (χ4v) is 2.52. The topological polar surface area (TPSA) is 24.1 Å². The molecule has 0 unspecified atom stereocenters. The van der Waals surface area contributed by atoms with Crippen molar-refractivity contribution in [3.63, 3.8) is 0 Å². The first-order chi connectivity index (χ1) is 6.84. The number of benzene rings is 2. The van der Waals surface area contributed by atoms with Gasteiger partial charge in [-0.25, -0.2) is 0 Å². The lowest BCUT2D eigenvalue weighted by molar-refractivity contribution is 1.25. The van der Waals surface area contributed by atoms with E-state index in [4.69, 9.17) is 0 Å². The van der Waals surface area contributed by atoms with E-state index in [2.05, 4.69) is 47.5 Å². The summed E-state index contributed by atoms with van der Waals surface area (Å²) in [5.41, 5.74) is 5.60. The molecule has 0 fully saturated rings. The van der Waals surface area contributed by atoms with Gasteiger partial charge in [-0.2, -0.15) is 4.83 Å². The van der Waals surface area contributed by atoms with Crippen LogP contribution in [-0.2, 0) is 0 Å². The highest BCUT2D eigenvalue weighted by Crippen LogP contribution is 2.37. The third-order valence-corrected chi connectivity index (χ3v) is 3.31. The average molecular weight is 202 g/mol. The second-order valence-electron chi connectivity index (χ2n) is 3.50. The third-order valence-electron chi connectivity index (χ3n) is 2.47. The van der Waals surface area contributed by atoms with Crippen molar-refractivity contribution >= 4 is 28.4 Å². The van der Waals surface area contributed by atoms with Gasteiger partial charge in [0.15, 0.2) is 0 Å². The molecule has 70 valence electrons. The first-order valence-corrected chi connectivity index (χ1v) is 5.37. The number of hydrazine groups is 1. The Labute approximate surface area is 86.8 Å². The number of rotatable bonds is 0. The quantitative estimate of drug-likeness (QED) is 0.642. The highest BCUT2D eigenvalue weighted by Gasteiger charge is 2.13. The van der Waals surface area contributed by atoms with Gasteiger partial charge in [-0.1, -0.05) is 29.8 Å². The number of hydrogen-bond acceptors (Lipinski definition) is 3. The first-order valence-electron chi connectivity index (χ1n) is 4.56. The molecule has 0 radical (unpaired) electrons. The number of hydrogen-bond donors (Lipinski definition) is 2. The zero-order valence-corrected chi connectivity index (χ0v) is 8.61. The maximum absolute atomic E-state index is 3.12. The van der Waals surface area contributed by atoms with E-state index in [1.54, 1.807) is 11.9 Å². The van der Waals surface area contributed by atoms with Crippen molar-refractivity contribution in [1.29, 1.82) is 0 Å². The van der Waals surface area contributed by atoms with Crippen LogP contribution in [0.25, 0.3) is 10.8 Å². The van der Waals surface area contributed by atoms with Crippen LogP contribution in [0.15, 0.2) is 35.2 Å². The van der Waals surface area contributed by atoms with Crippen LogP contribution < -0.4 is 10.3 Å². The lowest BCUT2D eigenvalue weighted by atomic mass is 10.1. The summed E-state index contributed by atoms with van der Waals surface area (Å²) in [7, 11) is 0. The van der Waals surface area contributed by atoms with Crippen molar-refractivity contribution in [2.75, 3.05) is 5.43 Å². The van der Waals surface area contributed by atoms with E-state index in [0.717, 1.165) is 0 Å². The van der Waals surface area contributed by atoms with E-state index in [1.807, 2.05) is 0 Å². The van der Waals surface area contributed by atoms with Crippen molar-refractivity contribution in [2.24, 2.45) is 0 Å². The highest BCUT2D eigenvalue weighted by atomic mass is 32.2. The van der Waals surface area contributed by atoms with E-state index in [-0.39, 0.29) is 0 Å². The van der Waals surface area contributed by atoms with Gasteiger partial charge in [0.05, 0.1) is 10.6 Å². The molecule has 1 heterocycles. The van der Waals surface area contributed by atoms with Crippen molar-refractivity contribution < 1.29 is 0 Å². The molecule has 2 aromatic carbocycles. The van der Waals surface area contributed by atoms with Crippen molar-refractivity contribution in [3.8, 4) is 0 Å². The van der Waals surface area contributed by atoms with Gasteiger partial charge in [-0.05, 0) is 35.7 Å². The van der Waals surface area contributed by atoms with Gasteiger partial charge in [-0.3, -0.25) is 0 Å². The minimum atomic E-state index is 1.17. The SMILES string of the molecule is Cc1ccc2ccc3c(c2c1)SNN3. The van der Waals surface area contributed by atoms with E-state index in [1.165, 1.54) is 26.9 Å². The summed E-state index contributed by atoms with van der Waals surface area (Å²) in [4.78, 5) is 4.36. The maximum Gasteiger partial charge on any atom is 0.0652 e. The maximum atomic E-state index is 3.12. The summed E-state index contributed by atoms with van der Waals surface area (Å²) in [6.07, 6.45) is 0.